The van der Waals surface area contributed by atoms with Crippen molar-refractivity contribution in [2.24, 2.45) is 13.0 Å². The summed E-state index contributed by atoms with van der Waals surface area (Å²) in [6.07, 6.45) is 2.96. The van der Waals surface area contributed by atoms with Crippen LogP contribution in [0.1, 0.15) is 20.3 Å². The van der Waals surface area contributed by atoms with Crippen molar-refractivity contribution in [2.45, 2.75) is 26.3 Å². The second kappa shape index (κ2) is 5.48. The molecule has 1 atom stereocenters. The molecular weight excluding hydrogens is 266 g/mol. The van der Waals surface area contributed by atoms with Gasteiger partial charge in [0.15, 0.2) is 5.65 Å². The number of nitrogens with two attached hydrogens (primary N) is 1. The normalized spacial score (nSPS) is 19.6. The van der Waals surface area contributed by atoms with E-state index in [1.165, 1.54) is 0 Å². The number of nitrogens with zero attached hydrogens (tertiary/aromatic N) is 5. The first-order valence-corrected chi connectivity index (χ1v) is 7.49. The molecule has 0 aliphatic carbocycles. The summed E-state index contributed by atoms with van der Waals surface area (Å²) in [5.74, 6) is 1.86. The molecule has 1 fully saturated rings. The Morgan fingerprint density at radius 3 is 3.00 bits per heavy atom. The Labute approximate surface area is 124 Å². The summed E-state index contributed by atoms with van der Waals surface area (Å²) in [4.78, 5) is 11.2. The monoisotopic (exact) mass is 289 g/mol. The zero-order chi connectivity index (χ0) is 15.0. The molecule has 114 valence electrons. The van der Waals surface area contributed by atoms with E-state index >= 15 is 0 Å². The van der Waals surface area contributed by atoms with Gasteiger partial charge in [-0.1, -0.05) is 13.8 Å². The van der Waals surface area contributed by atoms with Crippen molar-refractivity contribution in [3.8, 4) is 0 Å². The van der Waals surface area contributed by atoms with Crippen LogP contribution in [0.2, 0.25) is 0 Å². The van der Waals surface area contributed by atoms with Crippen molar-refractivity contribution in [3.63, 3.8) is 0 Å². The highest BCUT2D eigenvalue weighted by Gasteiger charge is 2.26. The number of nitrogen functional groups attached to an aromatic ring is 1. The molecule has 0 spiro atoms. The molecule has 3 N–H and O–H groups in total. The van der Waals surface area contributed by atoms with Gasteiger partial charge in [-0.25, -0.2) is 0 Å². The van der Waals surface area contributed by atoms with Crippen LogP contribution in [0.15, 0.2) is 6.20 Å². The third kappa shape index (κ3) is 2.65. The highest BCUT2D eigenvalue weighted by molar-refractivity contribution is 5.88. The highest BCUT2D eigenvalue weighted by atomic mass is 15.3. The number of aryl methyl sites for hydroxylation is 1. The van der Waals surface area contributed by atoms with E-state index in [4.69, 9.17) is 5.73 Å². The molecule has 2 aromatic rings. The Balaban J connectivity index is 2.04. The lowest BCUT2D eigenvalue weighted by Crippen LogP contribution is -2.52. The van der Waals surface area contributed by atoms with Crippen molar-refractivity contribution < 1.29 is 0 Å². The van der Waals surface area contributed by atoms with Crippen LogP contribution >= 0.6 is 0 Å². The van der Waals surface area contributed by atoms with Crippen molar-refractivity contribution >= 4 is 22.8 Å². The molecule has 3 rings (SSSR count). The average molecular weight is 289 g/mol. The number of fused-ring (bicyclic) bond motifs is 1. The molecule has 2 aromatic heterocycles. The number of aromatic nitrogens is 4. The lowest BCUT2D eigenvalue weighted by atomic mass is 10.0. The van der Waals surface area contributed by atoms with Crippen LogP contribution < -0.4 is 16.0 Å². The maximum absolute atomic E-state index is 5.90. The van der Waals surface area contributed by atoms with E-state index in [1.54, 1.807) is 4.68 Å². The van der Waals surface area contributed by atoms with E-state index in [0.717, 1.165) is 42.9 Å². The van der Waals surface area contributed by atoms with Gasteiger partial charge in [-0.05, 0) is 12.3 Å². The van der Waals surface area contributed by atoms with Gasteiger partial charge in [0.25, 0.3) is 0 Å². The molecule has 0 aromatic carbocycles. The molecule has 1 aliphatic rings. The summed E-state index contributed by atoms with van der Waals surface area (Å²) in [5.41, 5.74) is 6.69. The number of nitrogens with one attached hydrogen (secondary N) is 1. The lowest BCUT2D eigenvalue weighted by molar-refractivity contribution is 0.406. The fraction of sp³-hybridized carbons (Fsp3) is 0.643. The largest absolute Gasteiger partial charge is 0.368 e. The third-order valence-electron chi connectivity index (χ3n) is 3.96. The van der Waals surface area contributed by atoms with E-state index < -0.39 is 0 Å². The average Bonchev–Trinajstić information content (AvgIpc) is 2.80. The van der Waals surface area contributed by atoms with Crippen LogP contribution in [0.5, 0.6) is 0 Å². The second-order valence-corrected chi connectivity index (χ2v) is 6.09. The summed E-state index contributed by atoms with van der Waals surface area (Å²) in [6.45, 7) is 7.36. The highest BCUT2D eigenvalue weighted by Crippen LogP contribution is 2.28. The first-order chi connectivity index (χ1) is 10.1. The third-order valence-corrected chi connectivity index (χ3v) is 3.96. The van der Waals surface area contributed by atoms with Gasteiger partial charge in [-0.15, -0.1) is 0 Å². The van der Waals surface area contributed by atoms with Gasteiger partial charge in [0, 0.05) is 32.7 Å². The van der Waals surface area contributed by atoms with E-state index in [1.807, 2.05) is 13.2 Å². The SMILES string of the molecule is CC(C)C[C@H]1CNCCN1c1nc(N)nc2c1cnn2C. The zero-order valence-corrected chi connectivity index (χ0v) is 12.9. The van der Waals surface area contributed by atoms with Gasteiger partial charge in [0.2, 0.25) is 5.95 Å². The van der Waals surface area contributed by atoms with Gasteiger partial charge in [0.1, 0.15) is 5.82 Å². The number of piperazine rings is 1. The first-order valence-electron chi connectivity index (χ1n) is 7.49. The van der Waals surface area contributed by atoms with Crippen LogP contribution in [-0.2, 0) is 7.05 Å². The Morgan fingerprint density at radius 2 is 2.24 bits per heavy atom. The summed E-state index contributed by atoms with van der Waals surface area (Å²) in [7, 11) is 1.88. The van der Waals surface area contributed by atoms with E-state index in [2.05, 4.69) is 39.1 Å². The van der Waals surface area contributed by atoms with Crippen molar-refractivity contribution in [1.82, 2.24) is 25.1 Å². The van der Waals surface area contributed by atoms with E-state index in [-0.39, 0.29) is 0 Å². The molecular formula is C14H23N7. The Bertz CT molecular complexity index is 634. The van der Waals surface area contributed by atoms with Crippen molar-refractivity contribution in [3.05, 3.63) is 6.20 Å². The van der Waals surface area contributed by atoms with Crippen molar-refractivity contribution in [2.75, 3.05) is 30.3 Å². The summed E-state index contributed by atoms with van der Waals surface area (Å²) in [6, 6.07) is 0.427. The standard InChI is InChI=1S/C14H23N7/c1-9(2)6-10-7-16-4-5-21(10)13-11-8-17-20(3)12(11)18-14(15)19-13/h8-10,16H,4-7H2,1-3H3,(H2,15,18,19)/t10-/m0/s1. The van der Waals surface area contributed by atoms with Crippen molar-refractivity contribution in [1.29, 1.82) is 0 Å². The van der Waals surface area contributed by atoms with Gasteiger partial charge in [0.05, 0.1) is 11.6 Å². The molecule has 7 heteroatoms. The first kappa shape index (κ1) is 14.1. The minimum absolute atomic E-state index is 0.308. The predicted octanol–water partition coefficient (Wildman–Crippen LogP) is 0.770. The van der Waals surface area contributed by atoms with E-state index in [9.17, 15) is 0 Å². The zero-order valence-electron chi connectivity index (χ0n) is 12.9. The lowest BCUT2D eigenvalue weighted by Gasteiger charge is -2.38. The summed E-state index contributed by atoms with van der Waals surface area (Å²) in [5, 5.41) is 8.74. The molecule has 21 heavy (non-hydrogen) atoms. The maximum atomic E-state index is 5.90. The smallest absolute Gasteiger partial charge is 0.224 e. The Hall–Kier alpha value is -1.89. The van der Waals surface area contributed by atoms with Gasteiger partial charge < -0.3 is 16.0 Å². The predicted molar refractivity (Wildman–Crippen MR) is 84.2 cm³/mol. The number of anilines is 2. The molecule has 0 unspecified atom stereocenters. The number of hydrogen-bond donors (Lipinski definition) is 2. The fourth-order valence-corrected chi connectivity index (χ4v) is 3.04. The second-order valence-electron chi connectivity index (χ2n) is 6.09. The fourth-order valence-electron chi connectivity index (χ4n) is 3.04. The minimum atomic E-state index is 0.308. The summed E-state index contributed by atoms with van der Waals surface area (Å²) < 4.78 is 1.75. The Morgan fingerprint density at radius 1 is 1.43 bits per heavy atom. The quantitative estimate of drug-likeness (QED) is 0.868. The maximum Gasteiger partial charge on any atom is 0.224 e. The van der Waals surface area contributed by atoms with Crippen LogP contribution in [0.25, 0.3) is 11.0 Å². The number of hydrogen-bond acceptors (Lipinski definition) is 6. The van der Waals surface area contributed by atoms with Crippen LogP contribution in [0.3, 0.4) is 0 Å². The molecule has 3 heterocycles. The van der Waals surface area contributed by atoms with E-state index in [0.29, 0.717) is 17.9 Å². The molecule has 0 radical (unpaired) electrons. The van der Waals surface area contributed by atoms with Gasteiger partial charge >= 0.3 is 0 Å². The minimum Gasteiger partial charge on any atom is -0.368 e. The van der Waals surface area contributed by atoms with Crippen LogP contribution in [0.4, 0.5) is 11.8 Å². The van der Waals surface area contributed by atoms with Crippen LogP contribution in [-0.4, -0.2) is 45.4 Å². The molecule has 0 bridgehead atoms. The van der Waals surface area contributed by atoms with Crippen LogP contribution in [0, 0.1) is 5.92 Å². The summed E-state index contributed by atoms with van der Waals surface area (Å²) >= 11 is 0. The molecule has 0 saturated carbocycles. The molecule has 1 saturated heterocycles. The number of rotatable bonds is 3. The molecule has 1 aliphatic heterocycles. The Kier molecular flexibility index (Phi) is 3.67. The topological polar surface area (TPSA) is 84.9 Å². The van der Waals surface area contributed by atoms with Gasteiger partial charge in [-0.2, -0.15) is 15.1 Å². The van der Waals surface area contributed by atoms with Gasteiger partial charge in [-0.3, -0.25) is 4.68 Å². The molecule has 0 amide bonds. The molecule has 7 nitrogen and oxygen atoms in total.